The van der Waals surface area contributed by atoms with E-state index in [1.165, 1.54) is 11.4 Å². The Morgan fingerprint density at radius 3 is 2.57 bits per heavy atom. The lowest BCUT2D eigenvalue weighted by atomic mass is 9.90. The van der Waals surface area contributed by atoms with Crippen molar-refractivity contribution in [3.05, 3.63) is 46.9 Å². The smallest absolute Gasteiger partial charge is 0.326 e. The fraction of sp³-hybridized carbons (Fsp3) is 0.214. The molecule has 2 amide bonds. The Morgan fingerprint density at radius 2 is 2.04 bits per heavy atom. The Labute approximate surface area is 127 Å². The quantitative estimate of drug-likeness (QED) is 0.813. The van der Waals surface area contributed by atoms with Crippen LogP contribution < -0.4 is 10.6 Å². The minimum atomic E-state index is -5.26. The van der Waals surface area contributed by atoms with Crippen LogP contribution in [0.15, 0.2) is 35.5 Å². The van der Waals surface area contributed by atoms with Crippen LogP contribution >= 0.6 is 0 Å². The highest BCUT2D eigenvalue weighted by atomic mass is 19.4. The first kappa shape index (κ1) is 16.5. The number of hydrogen-bond donors (Lipinski definition) is 2. The van der Waals surface area contributed by atoms with Gasteiger partial charge in [-0.2, -0.15) is 18.4 Å². The molecule has 0 radical (unpaired) electrons. The zero-order valence-corrected chi connectivity index (χ0v) is 11.6. The van der Waals surface area contributed by atoms with Gasteiger partial charge >= 0.3 is 6.18 Å². The molecule has 1 atom stereocenters. The second-order valence-corrected chi connectivity index (χ2v) is 4.78. The van der Waals surface area contributed by atoms with Crippen molar-refractivity contribution in [2.24, 2.45) is 0 Å². The van der Waals surface area contributed by atoms with E-state index in [0.29, 0.717) is 0 Å². The van der Waals surface area contributed by atoms with Crippen molar-refractivity contribution in [2.45, 2.75) is 18.6 Å². The number of allylic oxidation sites excluding steroid dienone is 1. The number of alkyl halides is 3. The molecule has 2 rings (SSSR count). The number of halogens is 4. The lowest BCUT2D eigenvalue weighted by Crippen LogP contribution is -2.64. The maximum Gasteiger partial charge on any atom is 0.425 e. The van der Waals surface area contributed by atoms with E-state index < -0.39 is 40.5 Å². The van der Waals surface area contributed by atoms with E-state index in [4.69, 9.17) is 5.26 Å². The molecule has 1 aromatic carbocycles. The van der Waals surface area contributed by atoms with Crippen molar-refractivity contribution >= 4 is 11.8 Å². The Balaban J connectivity index is 2.53. The summed E-state index contributed by atoms with van der Waals surface area (Å²) in [6.45, 7) is 1.11. The van der Waals surface area contributed by atoms with E-state index in [2.05, 4.69) is 0 Å². The number of hydrogen-bond acceptors (Lipinski definition) is 3. The van der Waals surface area contributed by atoms with Crippen LogP contribution in [-0.2, 0) is 4.79 Å². The molecule has 1 aliphatic rings. The van der Waals surface area contributed by atoms with Crippen LogP contribution in [0.25, 0.3) is 0 Å². The van der Waals surface area contributed by atoms with E-state index in [1.54, 1.807) is 0 Å². The van der Waals surface area contributed by atoms with Crippen molar-refractivity contribution in [1.82, 2.24) is 10.6 Å². The summed E-state index contributed by atoms with van der Waals surface area (Å²) in [7, 11) is 0. The van der Waals surface area contributed by atoms with Gasteiger partial charge in [0.15, 0.2) is 0 Å². The first-order valence-electron chi connectivity index (χ1n) is 6.21. The maximum absolute atomic E-state index is 13.5. The third-order valence-corrected chi connectivity index (χ3v) is 3.32. The van der Waals surface area contributed by atoms with E-state index >= 15 is 0 Å². The van der Waals surface area contributed by atoms with Gasteiger partial charge in [-0.05, 0) is 25.1 Å². The normalized spacial score (nSPS) is 21.0. The summed E-state index contributed by atoms with van der Waals surface area (Å²) in [4.78, 5) is 23.9. The largest absolute Gasteiger partial charge is 0.425 e. The predicted octanol–water partition coefficient (Wildman–Crippen LogP) is 1.78. The van der Waals surface area contributed by atoms with Crippen molar-refractivity contribution in [3.63, 3.8) is 0 Å². The van der Waals surface area contributed by atoms with Gasteiger partial charge in [-0.3, -0.25) is 9.59 Å². The third-order valence-electron chi connectivity index (χ3n) is 3.32. The molecule has 0 fully saturated rings. The number of nitrogens with one attached hydrogen (secondary N) is 2. The van der Waals surface area contributed by atoms with Gasteiger partial charge in [-0.1, -0.05) is 6.07 Å². The highest BCUT2D eigenvalue weighted by Gasteiger charge is 2.67. The summed E-state index contributed by atoms with van der Waals surface area (Å²) >= 11 is 0. The topological polar surface area (TPSA) is 82.0 Å². The molecule has 9 heteroatoms. The minimum absolute atomic E-state index is 0.311. The molecule has 1 aromatic rings. The Kier molecular flexibility index (Phi) is 3.86. The standard InChI is InChI=1S/C14H9F4N3O2/c1-7-10(6-19)13(12(23)20-7,14(16,17)18)21-11(22)8-3-2-4-9(15)5-8/h2-5H,1H3,(H,20,23)(H,21,22). The second-order valence-electron chi connectivity index (χ2n) is 4.78. The van der Waals surface area contributed by atoms with Crippen LogP contribution in [-0.4, -0.2) is 23.5 Å². The number of nitriles is 1. The van der Waals surface area contributed by atoms with Gasteiger partial charge in [0.05, 0.1) is 11.6 Å². The van der Waals surface area contributed by atoms with Crippen LogP contribution in [0.1, 0.15) is 17.3 Å². The highest BCUT2D eigenvalue weighted by Crippen LogP contribution is 2.40. The molecule has 120 valence electrons. The monoisotopic (exact) mass is 327 g/mol. The van der Waals surface area contributed by atoms with Gasteiger partial charge in [0.1, 0.15) is 5.82 Å². The van der Waals surface area contributed by atoms with E-state index in [1.807, 2.05) is 5.32 Å². The Morgan fingerprint density at radius 1 is 1.39 bits per heavy atom. The summed E-state index contributed by atoms with van der Waals surface area (Å²) in [5, 5.41) is 12.4. The zero-order chi connectivity index (χ0) is 17.4. The predicted molar refractivity (Wildman–Crippen MR) is 69.1 cm³/mol. The van der Waals surface area contributed by atoms with Gasteiger partial charge < -0.3 is 10.6 Å². The lowest BCUT2D eigenvalue weighted by Gasteiger charge is -2.30. The minimum Gasteiger partial charge on any atom is -0.326 e. The van der Waals surface area contributed by atoms with Gasteiger partial charge in [0.25, 0.3) is 17.4 Å². The second kappa shape index (κ2) is 5.39. The number of carbonyl (C=O) groups excluding carboxylic acids is 2. The summed E-state index contributed by atoms with van der Waals surface area (Å²) in [5.41, 5.74) is -5.19. The van der Waals surface area contributed by atoms with Gasteiger partial charge in [0, 0.05) is 11.3 Å². The van der Waals surface area contributed by atoms with Gasteiger partial charge in [-0.25, -0.2) is 4.39 Å². The summed E-state index contributed by atoms with van der Waals surface area (Å²) in [5.74, 6) is -3.76. The van der Waals surface area contributed by atoms with E-state index in [0.717, 1.165) is 31.2 Å². The lowest BCUT2D eigenvalue weighted by molar-refractivity contribution is -0.184. The maximum atomic E-state index is 13.5. The summed E-state index contributed by atoms with van der Waals surface area (Å²) in [6, 6.07) is 5.23. The molecule has 23 heavy (non-hydrogen) atoms. The number of carbonyl (C=O) groups is 2. The summed E-state index contributed by atoms with van der Waals surface area (Å²) in [6.07, 6.45) is -5.26. The molecular formula is C14H9F4N3O2. The van der Waals surface area contributed by atoms with Crippen LogP contribution in [0, 0.1) is 17.1 Å². The first-order valence-corrected chi connectivity index (χ1v) is 6.21. The molecule has 0 saturated heterocycles. The van der Waals surface area contributed by atoms with E-state index in [9.17, 15) is 27.2 Å². The average molecular weight is 327 g/mol. The molecule has 1 aliphatic heterocycles. The Hall–Kier alpha value is -2.89. The van der Waals surface area contributed by atoms with Gasteiger partial charge in [0.2, 0.25) is 0 Å². The molecule has 1 heterocycles. The Bertz CT molecular complexity index is 764. The highest BCUT2D eigenvalue weighted by molar-refractivity contribution is 6.04. The van der Waals surface area contributed by atoms with Crippen molar-refractivity contribution < 1.29 is 27.2 Å². The SMILES string of the molecule is CC1=C(C#N)C(NC(=O)c2cccc(F)c2)(C(F)(F)F)C(=O)N1. The fourth-order valence-corrected chi connectivity index (χ4v) is 2.22. The molecule has 5 nitrogen and oxygen atoms in total. The third kappa shape index (κ3) is 2.52. The fourth-order valence-electron chi connectivity index (χ4n) is 2.22. The molecule has 0 bridgehead atoms. The average Bonchev–Trinajstić information content (AvgIpc) is 2.69. The summed E-state index contributed by atoms with van der Waals surface area (Å²) < 4.78 is 53.6. The van der Waals surface area contributed by atoms with E-state index in [-0.39, 0.29) is 5.70 Å². The molecule has 0 spiro atoms. The molecule has 0 aromatic heterocycles. The number of benzene rings is 1. The van der Waals surface area contributed by atoms with Gasteiger partial charge in [-0.15, -0.1) is 0 Å². The van der Waals surface area contributed by atoms with Crippen LogP contribution in [0.2, 0.25) is 0 Å². The number of nitrogens with zero attached hydrogens (tertiary/aromatic N) is 1. The molecule has 1 unspecified atom stereocenters. The molecular weight excluding hydrogens is 318 g/mol. The number of amides is 2. The first-order chi connectivity index (χ1) is 10.6. The van der Waals surface area contributed by atoms with Crippen molar-refractivity contribution in [3.8, 4) is 6.07 Å². The van der Waals surface area contributed by atoms with Crippen molar-refractivity contribution in [2.75, 3.05) is 0 Å². The number of rotatable bonds is 2. The van der Waals surface area contributed by atoms with Crippen LogP contribution in [0.4, 0.5) is 17.6 Å². The molecule has 0 saturated carbocycles. The van der Waals surface area contributed by atoms with Crippen molar-refractivity contribution in [1.29, 1.82) is 5.26 Å². The zero-order valence-electron chi connectivity index (χ0n) is 11.6. The molecule has 0 aliphatic carbocycles. The van der Waals surface area contributed by atoms with Crippen LogP contribution in [0.5, 0.6) is 0 Å². The molecule has 2 N–H and O–H groups in total. The van der Waals surface area contributed by atoms with Crippen LogP contribution in [0.3, 0.4) is 0 Å².